The highest BCUT2D eigenvalue weighted by molar-refractivity contribution is 5.96. The standard InChI is InChI=1S/C15H15N3O7/c1-17(4-2-3-16)14(19)9-25-15(20)10-7-12-13(24-6-5-23-12)8-11(10)18(21)22/h7-8H,2,4-6,9H2,1H3. The molecule has 0 saturated carbocycles. The van der Waals surface area contributed by atoms with Gasteiger partial charge in [-0.1, -0.05) is 0 Å². The van der Waals surface area contributed by atoms with E-state index in [4.69, 9.17) is 19.5 Å². The van der Waals surface area contributed by atoms with Crippen molar-refractivity contribution in [2.24, 2.45) is 0 Å². The molecule has 10 nitrogen and oxygen atoms in total. The van der Waals surface area contributed by atoms with Crippen LogP contribution in [0.3, 0.4) is 0 Å². The fourth-order valence-corrected chi connectivity index (χ4v) is 2.05. The Kier molecular flexibility index (Phi) is 5.73. The number of likely N-dealkylation sites (N-methyl/N-ethyl adjacent to an activating group) is 1. The first-order chi connectivity index (χ1) is 11.9. The minimum absolute atomic E-state index is 0.143. The molecule has 1 aliphatic heterocycles. The van der Waals surface area contributed by atoms with E-state index in [1.807, 2.05) is 6.07 Å². The number of fused-ring (bicyclic) bond motifs is 1. The van der Waals surface area contributed by atoms with Crippen LogP contribution in [0, 0.1) is 21.4 Å². The number of nitro groups is 1. The van der Waals surface area contributed by atoms with Gasteiger partial charge in [-0.15, -0.1) is 0 Å². The van der Waals surface area contributed by atoms with Gasteiger partial charge in [0.1, 0.15) is 18.8 Å². The van der Waals surface area contributed by atoms with Gasteiger partial charge >= 0.3 is 5.97 Å². The number of amides is 1. The van der Waals surface area contributed by atoms with Crippen LogP contribution in [0.2, 0.25) is 0 Å². The van der Waals surface area contributed by atoms with E-state index in [1.54, 1.807) is 0 Å². The van der Waals surface area contributed by atoms with Gasteiger partial charge in [0, 0.05) is 19.7 Å². The van der Waals surface area contributed by atoms with Crippen LogP contribution < -0.4 is 9.47 Å². The zero-order valence-electron chi connectivity index (χ0n) is 13.4. The van der Waals surface area contributed by atoms with Gasteiger partial charge in [-0.25, -0.2) is 4.79 Å². The number of carbonyl (C=O) groups is 2. The summed E-state index contributed by atoms with van der Waals surface area (Å²) in [4.78, 5) is 35.6. The Labute approximate surface area is 142 Å². The summed E-state index contributed by atoms with van der Waals surface area (Å²) in [6.07, 6.45) is 0.143. The van der Waals surface area contributed by atoms with Crippen LogP contribution in [0.5, 0.6) is 11.5 Å². The van der Waals surface area contributed by atoms with Crippen molar-refractivity contribution in [2.45, 2.75) is 6.42 Å². The molecule has 25 heavy (non-hydrogen) atoms. The minimum atomic E-state index is -1.02. The van der Waals surface area contributed by atoms with Crippen LogP contribution >= 0.6 is 0 Å². The molecule has 0 radical (unpaired) electrons. The lowest BCUT2D eigenvalue weighted by Gasteiger charge is -2.19. The molecule has 10 heteroatoms. The second-order valence-electron chi connectivity index (χ2n) is 5.07. The van der Waals surface area contributed by atoms with E-state index in [0.717, 1.165) is 6.07 Å². The van der Waals surface area contributed by atoms with E-state index >= 15 is 0 Å². The average Bonchev–Trinajstić information content (AvgIpc) is 2.62. The van der Waals surface area contributed by atoms with Gasteiger partial charge in [0.25, 0.3) is 11.6 Å². The molecule has 0 saturated heterocycles. The summed E-state index contributed by atoms with van der Waals surface area (Å²) in [6.45, 7) is 0.0996. The van der Waals surface area contributed by atoms with Crippen LogP contribution in [0.15, 0.2) is 12.1 Å². The third kappa shape index (κ3) is 4.35. The van der Waals surface area contributed by atoms with Crippen molar-refractivity contribution in [2.75, 3.05) is 33.4 Å². The van der Waals surface area contributed by atoms with E-state index in [2.05, 4.69) is 0 Å². The first-order valence-electron chi connectivity index (χ1n) is 7.30. The molecule has 0 bridgehead atoms. The van der Waals surface area contributed by atoms with Gasteiger partial charge in [0.05, 0.1) is 23.5 Å². The fourth-order valence-electron chi connectivity index (χ4n) is 2.05. The summed E-state index contributed by atoms with van der Waals surface area (Å²) in [7, 11) is 1.46. The molecule has 1 amide bonds. The minimum Gasteiger partial charge on any atom is -0.486 e. The number of nitriles is 1. The summed E-state index contributed by atoms with van der Waals surface area (Å²) in [5.74, 6) is -1.18. The zero-order valence-corrected chi connectivity index (χ0v) is 13.4. The second-order valence-corrected chi connectivity index (χ2v) is 5.07. The van der Waals surface area contributed by atoms with Crippen molar-refractivity contribution in [3.05, 3.63) is 27.8 Å². The average molecular weight is 349 g/mol. The Morgan fingerprint density at radius 3 is 2.60 bits per heavy atom. The smallest absolute Gasteiger partial charge is 0.345 e. The lowest BCUT2D eigenvalue weighted by atomic mass is 10.1. The number of nitrogens with zero attached hydrogens (tertiary/aromatic N) is 3. The van der Waals surface area contributed by atoms with E-state index in [9.17, 15) is 19.7 Å². The van der Waals surface area contributed by atoms with Crippen molar-refractivity contribution in [1.29, 1.82) is 5.26 Å². The highest BCUT2D eigenvalue weighted by Gasteiger charge is 2.28. The largest absolute Gasteiger partial charge is 0.486 e. The molecule has 1 aliphatic rings. The molecule has 0 spiro atoms. The van der Waals surface area contributed by atoms with E-state index in [1.165, 1.54) is 18.0 Å². The topological polar surface area (TPSA) is 132 Å². The molecule has 1 aromatic rings. The summed E-state index contributed by atoms with van der Waals surface area (Å²) in [5.41, 5.74) is -0.832. The summed E-state index contributed by atoms with van der Waals surface area (Å²) in [6, 6.07) is 4.15. The first-order valence-corrected chi connectivity index (χ1v) is 7.30. The Hall–Kier alpha value is -3.35. The monoisotopic (exact) mass is 349 g/mol. The van der Waals surface area contributed by atoms with Crippen molar-refractivity contribution < 1.29 is 28.7 Å². The van der Waals surface area contributed by atoms with Crippen LogP contribution in [0.25, 0.3) is 0 Å². The maximum Gasteiger partial charge on any atom is 0.345 e. The van der Waals surface area contributed by atoms with Gasteiger partial charge in [-0.2, -0.15) is 5.26 Å². The molecule has 132 valence electrons. The maximum absolute atomic E-state index is 12.2. The second kappa shape index (κ2) is 7.96. The van der Waals surface area contributed by atoms with Crippen molar-refractivity contribution >= 4 is 17.6 Å². The van der Waals surface area contributed by atoms with E-state index in [-0.39, 0.29) is 43.2 Å². The number of esters is 1. The highest BCUT2D eigenvalue weighted by Crippen LogP contribution is 2.36. The maximum atomic E-state index is 12.2. The normalized spacial score (nSPS) is 12.0. The number of nitro benzene ring substituents is 1. The van der Waals surface area contributed by atoms with Gasteiger partial charge < -0.3 is 19.1 Å². The van der Waals surface area contributed by atoms with Gasteiger partial charge in [-0.05, 0) is 0 Å². The third-order valence-electron chi connectivity index (χ3n) is 3.39. The first kappa shape index (κ1) is 18.0. The summed E-state index contributed by atoms with van der Waals surface area (Å²) < 4.78 is 15.4. The summed E-state index contributed by atoms with van der Waals surface area (Å²) >= 11 is 0. The number of hydrogen-bond acceptors (Lipinski definition) is 8. The van der Waals surface area contributed by atoms with Crippen LogP contribution in [-0.2, 0) is 9.53 Å². The Bertz CT molecular complexity index is 741. The van der Waals surface area contributed by atoms with Crippen molar-refractivity contribution in [1.82, 2.24) is 4.90 Å². The quantitative estimate of drug-likeness (QED) is 0.420. The number of hydrogen-bond donors (Lipinski definition) is 0. The molecule has 0 N–H and O–H groups in total. The fraction of sp³-hybridized carbons (Fsp3) is 0.400. The molecular weight excluding hydrogens is 334 g/mol. The Morgan fingerprint density at radius 1 is 1.36 bits per heavy atom. The number of ether oxygens (including phenoxy) is 3. The SMILES string of the molecule is CN(CCC#N)C(=O)COC(=O)c1cc2c(cc1[N+](=O)[O-])OCCO2. The Balaban J connectivity index is 2.12. The van der Waals surface area contributed by atoms with Gasteiger partial charge in [0.15, 0.2) is 18.1 Å². The molecular formula is C15H15N3O7. The zero-order chi connectivity index (χ0) is 18.4. The van der Waals surface area contributed by atoms with Crippen LogP contribution in [0.4, 0.5) is 5.69 Å². The highest BCUT2D eigenvalue weighted by atomic mass is 16.6. The molecule has 0 aliphatic carbocycles. The predicted molar refractivity (Wildman–Crippen MR) is 82.2 cm³/mol. The number of rotatable bonds is 6. The van der Waals surface area contributed by atoms with E-state index in [0.29, 0.717) is 0 Å². The molecule has 1 aromatic carbocycles. The lowest BCUT2D eigenvalue weighted by molar-refractivity contribution is -0.385. The van der Waals surface area contributed by atoms with Crippen LogP contribution in [0.1, 0.15) is 16.8 Å². The number of benzene rings is 1. The molecule has 0 fully saturated rings. The number of carbonyl (C=O) groups excluding carboxylic acids is 2. The predicted octanol–water partition coefficient (Wildman–Crippen LogP) is 0.895. The molecule has 0 aromatic heterocycles. The molecule has 0 atom stereocenters. The molecule has 1 heterocycles. The van der Waals surface area contributed by atoms with Crippen LogP contribution in [-0.4, -0.2) is 55.1 Å². The van der Waals surface area contributed by atoms with E-state index < -0.39 is 29.1 Å². The Morgan fingerprint density at radius 2 is 2.00 bits per heavy atom. The molecule has 2 rings (SSSR count). The van der Waals surface area contributed by atoms with Crippen molar-refractivity contribution in [3.8, 4) is 17.6 Å². The molecule has 0 unspecified atom stereocenters. The van der Waals surface area contributed by atoms with Gasteiger partial charge in [0.2, 0.25) is 0 Å². The summed E-state index contributed by atoms with van der Waals surface area (Å²) in [5, 5.41) is 19.7. The third-order valence-corrected chi connectivity index (χ3v) is 3.39. The lowest BCUT2D eigenvalue weighted by Crippen LogP contribution is -2.32. The van der Waals surface area contributed by atoms with Gasteiger partial charge in [-0.3, -0.25) is 14.9 Å². The van der Waals surface area contributed by atoms with Crippen molar-refractivity contribution in [3.63, 3.8) is 0 Å².